The Kier molecular flexibility index (Phi) is 4.24. The van der Waals surface area contributed by atoms with Crippen molar-refractivity contribution in [3.8, 4) is 11.3 Å². The number of amides is 2. The predicted octanol–water partition coefficient (Wildman–Crippen LogP) is 3.25. The van der Waals surface area contributed by atoms with Gasteiger partial charge in [0.25, 0.3) is 5.91 Å². The first-order valence-corrected chi connectivity index (χ1v) is 8.91. The van der Waals surface area contributed by atoms with Crippen LogP contribution < -0.4 is 10.2 Å². The van der Waals surface area contributed by atoms with Crippen molar-refractivity contribution in [3.05, 3.63) is 65.9 Å². The summed E-state index contributed by atoms with van der Waals surface area (Å²) in [4.78, 5) is 26.5. The number of nitrogens with zero attached hydrogens (tertiary/aromatic N) is 3. The van der Waals surface area contributed by atoms with Gasteiger partial charge in [0.15, 0.2) is 0 Å². The molecule has 0 fully saturated rings. The third kappa shape index (κ3) is 3.10. The molecule has 1 N–H and O–H groups in total. The molecular weight excluding hydrogens is 340 g/mol. The lowest BCUT2D eigenvalue weighted by atomic mass is 10.1. The topological polar surface area (TPSA) is 67.2 Å². The van der Waals surface area contributed by atoms with Gasteiger partial charge in [0.05, 0.1) is 12.1 Å². The van der Waals surface area contributed by atoms with E-state index in [-0.39, 0.29) is 11.8 Å². The normalized spacial score (nSPS) is 13.0. The summed E-state index contributed by atoms with van der Waals surface area (Å²) in [5.41, 5.74) is 4.72. The fraction of sp³-hybridized carbons (Fsp3) is 0.190. The zero-order valence-electron chi connectivity index (χ0n) is 15.3. The van der Waals surface area contributed by atoms with Gasteiger partial charge in [-0.3, -0.25) is 14.3 Å². The van der Waals surface area contributed by atoms with Crippen LogP contribution in [0.5, 0.6) is 0 Å². The van der Waals surface area contributed by atoms with Crippen molar-refractivity contribution < 1.29 is 9.59 Å². The van der Waals surface area contributed by atoms with Gasteiger partial charge >= 0.3 is 0 Å². The Bertz CT molecular complexity index is 1020. The summed E-state index contributed by atoms with van der Waals surface area (Å²) >= 11 is 0. The van der Waals surface area contributed by atoms with Crippen molar-refractivity contribution in [1.82, 2.24) is 9.78 Å². The molecule has 0 spiro atoms. The first-order valence-electron chi connectivity index (χ1n) is 8.91. The Hall–Kier alpha value is -3.41. The SMILES string of the molecule is CCN1C(=O)Cc2cc(NC(=O)c3cc(-c4ccccc4)nn3C)ccc21. The average molecular weight is 360 g/mol. The number of hydrogen-bond acceptors (Lipinski definition) is 3. The van der Waals surface area contributed by atoms with Gasteiger partial charge in [-0.05, 0) is 36.8 Å². The second kappa shape index (κ2) is 6.72. The molecule has 1 aliphatic rings. The van der Waals surface area contributed by atoms with Crippen LogP contribution in [0.2, 0.25) is 0 Å². The molecule has 136 valence electrons. The van der Waals surface area contributed by atoms with Crippen molar-refractivity contribution in [2.45, 2.75) is 13.3 Å². The summed E-state index contributed by atoms with van der Waals surface area (Å²) in [7, 11) is 1.75. The summed E-state index contributed by atoms with van der Waals surface area (Å²) in [6.45, 7) is 2.60. The number of fused-ring (bicyclic) bond motifs is 1. The van der Waals surface area contributed by atoms with E-state index < -0.39 is 0 Å². The van der Waals surface area contributed by atoms with Gasteiger partial charge in [0.1, 0.15) is 5.69 Å². The number of anilines is 2. The molecule has 0 saturated heterocycles. The lowest BCUT2D eigenvalue weighted by Gasteiger charge is -2.14. The Labute approximate surface area is 157 Å². The van der Waals surface area contributed by atoms with E-state index in [9.17, 15) is 9.59 Å². The second-order valence-corrected chi connectivity index (χ2v) is 6.52. The van der Waals surface area contributed by atoms with Crippen LogP contribution in [-0.2, 0) is 18.3 Å². The number of rotatable bonds is 4. The molecule has 0 saturated carbocycles. The molecule has 0 bridgehead atoms. The molecule has 27 heavy (non-hydrogen) atoms. The fourth-order valence-corrected chi connectivity index (χ4v) is 3.43. The van der Waals surface area contributed by atoms with Crippen LogP contribution in [-0.4, -0.2) is 28.1 Å². The minimum Gasteiger partial charge on any atom is -0.321 e. The molecule has 4 rings (SSSR count). The summed E-state index contributed by atoms with van der Waals surface area (Å²) in [5, 5.41) is 7.35. The lowest BCUT2D eigenvalue weighted by Crippen LogP contribution is -2.25. The summed E-state index contributed by atoms with van der Waals surface area (Å²) < 4.78 is 1.58. The zero-order valence-corrected chi connectivity index (χ0v) is 15.3. The third-order valence-electron chi connectivity index (χ3n) is 4.77. The predicted molar refractivity (Wildman–Crippen MR) is 105 cm³/mol. The number of hydrogen-bond donors (Lipinski definition) is 1. The van der Waals surface area contributed by atoms with E-state index in [1.54, 1.807) is 22.7 Å². The molecule has 6 nitrogen and oxygen atoms in total. The van der Waals surface area contributed by atoms with E-state index >= 15 is 0 Å². The number of carbonyl (C=O) groups is 2. The molecule has 3 aromatic rings. The number of likely N-dealkylation sites (N-methyl/N-ethyl adjacent to an activating group) is 1. The van der Waals surface area contributed by atoms with Gasteiger partial charge < -0.3 is 10.2 Å². The highest BCUT2D eigenvalue weighted by molar-refractivity contribution is 6.05. The molecule has 0 unspecified atom stereocenters. The zero-order chi connectivity index (χ0) is 19.0. The minimum absolute atomic E-state index is 0.0927. The number of aromatic nitrogens is 2. The van der Waals surface area contributed by atoms with Gasteiger partial charge in [-0.25, -0.2) is 0 Å². The highest BCUT2D eigenvalue weighted by Crippen LogP contribution is 2.31. The fourth-order valence-electron chi connectivity index (χ4n) is 3.43. The standard InChI is InChI=1S/C21H20N4O2/c1-3-25-18-10-9-16(11-15(18)12-20(25)26)22-21(27)19-13-17(23-24(19)2)14-7-5-4-6-8-14/h4-11,13H,3,12H2,1-2H3,(H,22,27). The molecule has 0 atom stereocenters. The highest BCUT2D eigenvalue weighted by atomic mass is 16.2. The van der Waals surface area contributed by atoms with Gasteiger partial charge in [-0.2, -0.15) is 5.10 Å². The minimum atomic E-state index is -0.233. The molecule has 1 aromatic heterocycles. The Balaban J connectivity index is 1.56. The first-order chi connectivity index (χ1) is 13.1. The van der Waals surface area contributed by atoms with Gasteiger partial charge in [-0.1, -0.05) is 30.3 Å². The van der Waals surface area contributed by atoms with Crippen molar-refractivity contribution in [2.75, 3.05) is 16.8 Å². The molecule has 6 heteroatoms. The maximum absolute atomic E-state index is 12.7. The van der Waals surface area contributed by atoms with Crippen LogP contribution in [0, 0.1) is 0 Å². The van der Waals surface area contributed by atoms with Crippen LogP contribution >= 0.6 is 0 Å². The van der Waals surface area contributed by atoms with E-state index in [2.05, 4.69) is 10.4 Å². The first kappa shape index (κ1) is 17.0. The highest BCUT2D eigenvalue weighted by Gasteiger charge is 2.26. The largest absolute Gasteiger partial charge is 0.321 e. The van der Waals surface area contributed by atoms with E-state index in [0.717, 1.165) is 22.5 Å². The van der Waals surface area contributed by atoms with E-state index in [1.807, 2.05) is 55.5 Å². The van der Waals surface area contributed by atoms with Crippen LogP contribution in [0.15, 0.2) is 54.6 Å². The van der Waals surface area contributed by atoms with Crippen LogP contribution in [0.1, 0.15) is 23.0 Å². The summed E-state index contributed by atoms with van der Waals surface area (Å²) in [6.07, 6.45) is 0.372. The Morgan fingerprint density at radius 1 is 1.15 bits per heavy atom. The van der Waals surface area contributed by atoms with Crippen LogP contribution in [0.3, 0.4) is 0 Å². The van der Waals surface area contributed by atoms with E-state index in [4.69, 9.17) is 0 Å². The lowest BCUT2D eigenvalue weighted by molar-refractivity contribution is -0.117. The molecule has 2 heterocycles. The maximum Gasteiger partial charge on any atom is 0.273 e. The van der Waals surface area contributed by atoms with Gasteiger partial charge in [0, 0.05) is 30.5 Å². The molecule has 0 aliphatic carbocycles. The molecule has 2 aromatic carbocycles. The molecule has 2 amide bonds. The smallest absolute Gasteiger partial charge is 0.273 e. The third-order valence-corrected chi connectivity index (χ3v) is 4.77. The molecular formula is C21H20N4O2. The Morgan fingerprint density at radius 2 is 1.93 bits per heavy atom. The molecule has 1 aliphatic heterocycles. The van der Waals surface area contributed by atoms with Crippen LogP contribution in [0.4, 0.5) is 11.4 Å². The Morgan fingerprint density at radius 3 is 2.67 bits per heavy atom. The number of benzene rings is 2. The second-order valence-electron chi connectivity index (χ2n) is 6.52. The van der Waals surface area contributed by atoms with Gasteiger partial charge in [0.2, 0.25) is 5.91 Å². The quantitative estimate of drug-likeness (QED) is 0.777. The van der Waals surface area contributed by atoms with Crippen molar-refractivity contribution in [3.63, 3.8) is 0 Å². The van der Waals surface area contributed by atoms with Crippen molar-refractivity contribution in [2.24, 2.45) is 7.05 Å². The summed E-state index contributed by atoms with van der Waals surface area (Å²) in [5.74, 6) is -0.140. The van der Waals surface area contributed by atoms with Crippen molar-refractivity contribution >= 4 is 23.2 Å². The van der Waals surface area contributed by atoms with E-state index in [0.29, 0.717) is 24.3 Å². The number of nitrogens with one attached hydrogen (secondary N) is 1. The number of carbonyl (C=O) groups excluding carboxylic acids is 2. The van der Waals surface area contributed by atoms with Crippen LogP contribution in [0.25, 0.3) is 11.3 Å². The number of aryl methyl sites for hydroxylation is 1. The molecule has 0 radical (unpaired) electrons. The van der Waals surface area contributed by atoms with Gasteiger partial charge in [-0.15, -0.1) is 0 Å². The van der Waals surface area contributed by atoms with Crippen molar-refractivity contribution in [1.29, 1.82) is 0 Å². The summed E-state index contributed by atoms with van der Waals surface area (Å²) in [6, 6.07) is 17.1. The monoisotopic (exact) mass is 360 g/mol. The maximum atomic E-state index is 12.7. The van der Waals surface area contributed by atoms with E-state index in [1.165, 1.54) is 0 Å². The average Bonchev–Trinajstić information content (AvgIpc) is 3.21.